The van der Waals surface area contributed by atoms with Crippen LogP contribution in [0.2, 0.25) is 0 Å². The first-order chi connectivity index (χ1) is 8.11. The van der Waals surface area contributed by atoms with Gasteiger partial charge in [0.15, 0.2) is 0 Å². The number of thiazole rings is 1. The summed E-state index contributed by atoms with van der Waals surface area (Å²) in [6.45, 7) is 0.959. The van der Waals surface area contributed by atoms with Crippen molar-refractivity contribution >= 4 is 21.2 Å². The van der Waals surface area contributed by atoms with Crippen molar-refractivity contribution in [3.8, 4) is 0 Å². The van der Waals surface area contributed by atoms with E-state index in [2.05, 4.69) is 10.3 Å². The highest BCUT2D eigenvalue weighted by Crippen LogP contribution is 2.31. The summed E-state index contributed by atoms with van der Waals surface area (Å²) >= 11 is 1.73. The normalized spacial score (nSPS) is 20.5. The molecule has 0 unspecified atom stereocenters. The SMILES string of the molecule is CNCCc1cnc(C2CCS(=O)(=O)CC2)s1. The fourth-order valence-electron chi connectivity index (χ4n) is 2.01. The van der Waals surface area contributed by atoms with Crippen LogP contribution < -0.4 is 5.32 Å². The maximum atomic E-state index is 11.3. The minimum absolute atomic E-state index is 0.323. The number of nitrogens with one attached hydrogen (secondary N) is 1. The van der Waals surface area contributed by atoms with Gasteiger partial charge in [-0.1, -0.05) is 0 Å². The van der Waals surface area contributed by atoms with Gasteiger partial charge in [0.25, 0.3) is 0 Å². The molecule has 1 N–H and O–H groups in total. The molecule has 0 amide bonds. The van der Waals surface area contributed by atoms with E-state index in [0.29, 0.717) is 17.4 Å². The molecule has 96 valence electrons. The second kappa shape index (κ2) is 5.46. The van der Waals surface area contributed by atoms with Crippen molar-refractivity contribution in [1.82, 2.24) is 10.3 Å². The highest BCUT2D eigenvalue weighted by Gasteiger charge is 2.26. The van der Waals surface area contributed by atoms with Crippen molar-refractivity contribution in [2.75, 3.05) is 25.1 Å². The van der Waals surface area contributed by atoms with Gasteiger partial charge in [-0.15, -0.1) is 11.3 Å². The van der Waals surface area contributed by atoms with Crippen LogP contribution in [0.25, 0.3) is 0 Å². The van der Waals surface area contributed by atoms with Crippen molar-refractivity contribution in [2.45, 2.75) is 25.2 Å². The monoisotopic (exact) mass is 274 g/mol. The van der Waals surface area contributed by atoms with E-state index >= 15 is 0 Å². The predicted molar refractivity (Wildman–Crippen MR) is 70.4 cm³/mol. The minimum atomic E-state index is -2.76. The average Bonchev–Trinajstić information content (AvgIpc) is 2.75. The molecule has 1 aliphatic heterocycles. The zero-order valence-electron chi connectivity index (χ0n) is 9.98. The lowest BCUT2D eigenvalue weighted by molar-refractivity contribution is 0.549. The Kier molecular flexibility index (Phi) is 4.17. The Bertz CT molecular complexity index is 454. The predicted octanol–water partition coefficient (Wildman–Crippen LogP) is 1.20. The molecule has 0 spiro atoms. The Morgan fingerprint density at radius 2 is 2.18 bits per heavy atom. The van der Waals surface area contributed by atoms with E-state index in [4.69, 9.17) is 0 Å². The number of nitrogens with zero attached hydrogens (tertiary/aromatic N) is 1. The average molecular weight is 274 g/mol. The number of rotatable bonds is 4. The zero-order chi connectivity index (χ0) is 12.3. The van der Waals surface area contributed by atoms with Crippen LogP contribution in [0.4, 0.5) is 0 Å². The Morgan fingerprint density at radius 1 is 1.47 bits per heavy atom. The number of hydrogen-bond donors (Lipinski definition) is 1. The summed E-state index contributed by atoms with van der Waals surface area (Å²) in [5.41, 5.74) is 0. The lowest BCUT2D eigenvalue weighted by Crippen LogP contribution is -2.21. The first kappa shape index (κ1) is 13.0. The summed E-state index contributed by atoms with van der Waals surface area (Å²) in [6.07, 6.45) is 4.41. The van der Waals surface area contributed by atoms with Gasteiger partial charge in [0, 0.05) is 17.0 Å². The van der Waals surface area contributed by atoms with Crippen LogP contribution in [0.15, 0.2) is 6.20 Å². The molecule has 0 saturated carbocycles. The van der Waals surface area contributed by atoms with Gasteiger partial charge in [0.1, 0.15) is 9.84 Å². The molecule has 1 aromatic heterocycles. The van der Waals surface area contributed by atoms with E-state index < -0.39 is 9.84 Å². The zero-order valence-corrected chi connectivity index (χ0v) is 11.6. The molecule has 4 nitrogen and oxygen atoms in total. The molecule has 0 bridgehead atoms. The number of sulfone groups is 1. The second-order valence-electron chi connectivity index (χ2n) is 4.44. The fraction of sp³-hybridized carbons (Fsp3) is 0.727. The van der Waals surface area contributed by atoms with Crippen LogP contribution >= 0.6 is 11.3 Å². The Balaban J connectivity index is 1.96. The van der Waals surface area contributed by atoms with E-state index in [9.17, 15) is 8.42 Å². The third-order valence-corrected chi connectivity index (χ3v) is 6.03. The molecule has 0 aromatic carbocycles. The molecule has 6 heteroatoms. The molecule has 1 aliphatic rings. The van der Waals surface area contributed by atoms with E-state index in [1.807, 2.05) is 13.2 Å². The summed E-state index contributed by atoms with van der Waals surface area (Å²) in [6, 6.07) is 0. The largest absolute Gasteiger partial charge is 0.319 e. The highest BCUT2D eigenvalue weighted by molar-refractivity contribution is 7.91. The van der Waals surface area contributed by atoms with Gasteiger partial charge in [-0.05, 0) is 32.9 Å². The third-order valence-electron chi connectivity index (χ3n) is 3.10. The van der Waals surface area contributed by atoms with Gasteiger partial charge in [0.2, 0.25) is 0 Å². The molecule has 1 aromatic rings. The van der Waals surface area contributed by atoms with Crippen LogP contribution in [0.1, 0.15) is 28.6 Å². The van der Waals surface area contributed by atoms with Gasteiger partial charge in [-0.25, -0.2) is 13.4 Å². The van der Waals surface area contributed by atoms with Crippen molar-refractivity contribution in [1.29, 1.82) is 0 Å². The maximum Gasteiger partial charge on any atom is 0.150 e. The first-order valence-electron chi connectivity index (χ1n) is 5.90. The Hall–Kier alpha value is -0.460. The first-order valence-corrected chi connectivity index (χ1v) is 8.54. The van der Waals surface area contributed by atoms with E-state index in [0.717, 1.165) is 30.8 Å². The van der Waals surface area contributed by atoms with Crippen LogP contribution in [0.3, 0.4) is 0 Å². The van der Waals surface area contributed by atoms with Crippen molar-refractivity contribution in [2.24, 2.45) is 0 Å². The van der Waals surface area contributed by atoms with Crippen molar-refractivity contribution in [3.05, 3.63) is 16.1 Å². The Morgan fingerprint density at radius 3 is 2.82 bits per heavy atom. The van der Waals surface area contributed by atoms with Gasteiger partial charge in [0.05, 0.1) is 16.5 Å². The fourth-order valence-corrected chi connectivity index (χ4v) is 4.59. The summed E-state index contributed by atoms with van der Waals surface area (Å²) in [5, 5.41) is 4.23. The standard InChI is InChI=1S/C11H18N2O2S2/c1-12-5-2-10-8-13-11(16-10)9-3-6-17(14,15)7-4-9/h8-9,12H,2-7H2,1H3. The Labute approximate surface area is 106 Å². The molecule has 2 heterocycles. The molecule has 1 fully saturated rings. The number of aromatic nitrogens is 1. The van der Waals surface area contributed by atoms with E-state index in [-0.39, 0.29) is 0 Å². The summed E-state index contributed by atoms with van der Waals surface area (Å²) < 4.78 is 22.7. The topological polar surface area (TPSA) is 59.1 Å². The van der Waals surface area contributed by atoms with Crippen LogP contribution in [-0.2, 0) is 16.3 Å². The maximum absolute atomic E-state index is 11.3. The van der Waals surface area contributed by atoms with Crippen LogP contribution in [0.5, 0.6) is 0 Å². The molecular weight excluding hydrogens is 256 g/mol. The van der Waals surface area contributed by atoms with Gasteiger partial charge in [-0.2, -0.15) is 0 Å². The van der Waals surface area contributed by atoms with Crippen molar-refractivity contribution in [3.63, 3.8) is 0 Å². The molecular formula is C11H18N2O2S2. The number of hydrogen-bond acceptors (Lipinski definition) is 5. The summed E-state index contributed by atoms with van der Waals surface area (Å²) in [7, 11) is -0.826. The summed E-state index contributed by atoms with van der Waals surface area (Å²) in [5.74, 6) is 0.999. The van der Waals surface area contributed by atoms with Gasteiger partial charge < -0.3 is 5.32 Å². The second-order valence-corrected chi connectivity index (χ2v) is 7.89. The molecule has 1 saturated heterocycles. The lowest BCUT2D eigenvalue weighted by atomic mass is 10.0. The molecule has 0 atom stereocenters. The number of likely N-dealkylation sites (N-methyl/N-ethyl adjacent to an activating group) is 1. The molecule has 0 radical (unpaired) electrons. The van der Waals surface area contributed by atoms with Crippen LogP contribution in [0, 0.1) is 0 Å². The smallest absolute Gasteiger partial charge is 0.150 e. The molecule has 17 heavy (non-hydrogen) atoms. The third kappa shape index (κ3) is 3.50. The van der Waals surface area contributed by atoms with E-state index in [1.54, 1.807) is 11.3 Å². The van der Waals surface area contributed by atoms with Gasteiger partial charge in [-0.3, -0.25) is 0 Å². The highest BCUT2D eigenvalue weighted by atomic mass is 32.2. The quantitative estimate of drug-likeness (QED) is 0.896. The van der Waals surface area contributed by atoms with E-state index in [1.165, 1.54) is 4.88 Å². The van der Waals surface area contributed by atoms with Gasteiger partial charge >= 0.3 is 0 Å². The van der Waals surface area contributed by atoms with Crippen LogP contribution in [-0.4, -0.2) is 38.5 Å². The summed E-state index contributed by atoms with van der Waals surface area (Å²) in [4.78, 5) is 5.72. The molecule has 0 aliphatic carbocycles. The molecule has 2 rings (SSSR count). The lowest BCUT2D eigenvalue weighted by Gasteiger charge is -2.19. The van der Waals surface area contributed by atoms with Crippen molar-refractivity contribution < 1.29 is 8.42 Å². The minimum Gasteiger partial charge on any atom is -0.319 e.